The third-order valence-electron chi connectivity index (χ3n) is 5.84. The number of thiophene rings is 1. The standard InChI is InChI=1S/C30H36N4S/c1-21(31)12-13-22(2)33-30(20-28-11-8-18-35-28)24(4)34-29(23(3)32)19-25-14-16-27(17-15-25)26-9-6-5-7-10-26/h5-11,14-18,29-30,33-34H,1-4,12-13,19-20,31-32H2/t29-,30+/m0/s1. The van der Waals surface area contributed by atoms with E-state index in [1.807, 2.05) is 6.07 Å². The van der Waals surface area contributed by atoms with Crippen molar-refractivity contribution in [2.24, 2.45) is 11.5 Å². The molecule has 0 bridgehead atoms. The molecule has 0 saturated heterocycles. The van der Waals surface area contributed by atoms with Gasteiger partial charge in [-0.1, -0.05) is 87.0 Å². The molecule has 1 aromatic heterocycles. The van der Waals surface area contributed by atoms with Crippen molar-refractivity contribution in [3.63, 3.8) is 0 Å². The normalized spacial score (nSPS) is 12.3. The van der Waals surface area contributed by atoms with Gasteiger partial charge in [0.05, 0.1) is 12.1 Å². The average molecular weight is 485 g/mol. The van der Waals surface area contributed by atoms with Gasteiger partial charge in [-0.2, -0.15) is 0 Å². The number of nitrogens with two attached hydrogens (primary N) is 2. The topological polar surface area (TPSA) is 76.1 Å². The van der Waals surface area contributed by atoms with Gasteiger partial charge in [-0.3, -0.25) is 0 Å². The molecule has 35 heavy (non-hydrogen) atoms. The summed E-state index contributed by atoms with van der Waals surface area (Å²) < 4.78 is 0. The first-order chi connectivity index (χ1) is 16.8. The summed E-state index contributed by atoms with van der Waals surface area (Å²) in [5, 5.41) is 9.14. The van der Waals surface area contributed by atoms with Crippen LogP contribution in [0.4, 0.5) is 0 Å². The molecule has 0 aliphatic heterocycles. The molecule has 0 radical (unpaired) electrons. The highest BCUT2D eigenvalue weighted by Crippen LogP contribution is 2.21. The Kier molecular flexibility index (Phi) is 9.39. The Morgan fingerprint density at radius 3 is 2.03 bits per heavy atom. The van der Waals surface area contributed by atoms with Crippen LogP contribution in [0, 0.1) is 0 Å². The number of hydrogen-bond acceptors (Lipinski definition) is 5. The molecule has 4 nitrogen and oxygen atoms in total. The predicted molar refractivity (Wildman–Crippen MR) is 152 cm³/mol. The maximum atomic E-state index is 6.21. The fourth-order valence-electron chi connectivity index (χ4n) is 3.82. The smallest absolute Gasteiger partial charge is 0.0698 e. The van der Waals surface area contributed by atoms with Crippen LogP contribution in [0.25, 0.3) is 11.1 Å². The van der Waals surface area contributed by atoms with Crippen LogP contribution in [0.2, 0.25) is 0 Å². The summed E-state index contributed by atoms with van der Waals surface area (Å²) in [7, 11) is 0. The summed E-state index contributed by atoms with van der Waals surface area (Å²) in [4.78, 5) is 1.26. The summed E-state index contributed by atoms with van der Waals surface area (Å²) in [6.45, 7) is 16.3. The first-order valence-electron chi connectivity index (χ1n) is 11.8. The number of hydrogen-bond donors (Lipinski definition) is 4. The van der Waals surface area contributed by atoms with E-state index < -0.39 is 0 Å². The van der Waals surface area contributed by atoms with E-state index in [0.29, 0.717) is 24.2 Å². The van der Waals surface area contributed by atoms with Crippen LogP contribution >= 0.6 is 11.3 Å². The Morgan fingerprint density at radius 1 is 0.743 bits per heavy atom. The number of allylic oxidation sites excluding steroid dienone is 2. The molecule has 1 heterocycles. The molecule has 0 fully saturated rings. The van der Waals surface area contributed by atoms with Crippen molar-refractivity contribution in [3.05, 3.63) is 132 Å². The summed E-state index contributed by atoms with van der Waals surface area (Å²) in [5.41, 5.74) is 18.5. The van der Waals surface area contributed by atoms with Crippen molar-refractivity contribution >= 4 is 11.3 Å². The Bertz CT molecular complexity index is 1130. The third-order valence-corrected chi connectivity index (χ3v) is 6.74. The van der Waals surface area contributed by atoms with E-state index >= 15 is 0 Å². The van der Waals surface area contributed by atoms with Gasteiger partial charge in [-0.25, -0.2) is 0 Å². The highest BCUT2D eigenvalue weighted by molar-refractivity contribution is 7.09. The number of benzene rings is 2. The lowest BCUT2D eigenvalue weighted by Crippen LogP contribution is -2.43. The quantitative estimate of drug-likeness (QED) is 0.231. The van der Waals surface area contributed by atoms with Crippen molar-refractivity contribution in [1.82, 2.24) is 10.6 Å². The Balaban J connectivity index is 1.68. The number of nitrogens with one attached hydrogen (secondary N) is 2. The lowest BCUT2D eigenvalue weighted by Gasteiger charge is -2.28. The van der Waals surface area contributed by atoms with Gasteiger partial charge in [0.1, 0.15) is 0 Å². The van der Waals surface area contributed by atoms with Gasteiger partial charge >= 0.3 is 0 Å². The molecule has 2 aromatic carbocycles. The van der Waals surface area contributed by atoms with Crippen molar-refractivity contribution < 1.29 is 0 Å². The molecule has 2 atom stereocenters. The second-order valence-electron chi connectivity index (χ2n) is 8.81. The predicted octanol–water partition coefficient (Wildman–Crippen LogP) is 5.87. The van der Waals surface area contributed by atoms with Gasteiger partial charge < -0.3 is 22.1 Å². The van der Waals surface area contributed by atoms with Crippen molar-refractivity contribution in [2.45, 2.75) is 37.8 Å². The molecule has 0 spiro atoms. The Morgan fingerprint density at radius 2 is 1.43 bits per heavy atom. The first-order valence-corrected chi connectivity index (χ1v) is 12.6. The van der Waals surface area contributed by atoms with Gasteiger partial charge in [0, 0.05) is 34.1 Å². The van der Waals surface area contributed by atoms with Gasteiger partial charge in [0.25, 0.3) is 0 Å². The maximum Gasteiger partial charge on any atom is 0.0698 e. The largest absolute Gasteiger partial charge is 0.403 e. The molecule has 0 aliphatic carbocycles. The lowest BCUT2D eigenvalue weighted by atomic mass is 9.99. The van der Waals surface area contributed by atoms with Crippen LogP contribution in [-0.4, -0.2) is 12.1 Å². The zero-order valence-electron chi connectivity index (χ0n) is 20.3. The zero-order chi connectivity index (χ0) is 25.2. The zero-order valence-corrected chi connectivity index (χ0v) is 21.1. The molecule has 0 aliphatic rings. The van der Waals surface area contributed by atoms with Crippen LogP contribution in [0.5, 0.6) is 0 Å². The van der Waals surface area contributed by atoms with Crippen molar-refractivity contribution in [2.75, 3.05) is 0 Å². The van der Waals surface area contributed by atoms with Crippen LogP contribution < -0.4 is 22.1 Å². The van der Waals surface area contributed by atoms with Crippen LogP contribution in [0.15, 0.2) is 121 Å². The second kappa shape index (κ2) is 12.7. The first kappa shape index (κ1) is 25.9. The maximum absolute atomic E-state index is 6.21. The van der Waals surface area contributed by atoms with E-state index in [1.54, 1.807) is 11.3 Å². The molecule has 0 saturated carbocycles. The van der Waals surface area contributed by atoms with Gasteiger partial charge in [0.2, 0.25) is 0 Å². The summed E-state index contributed by atoms with van der Waals surface area (Å²) in [6.07, 6.45) is 2.92. The minimum Gasteiger partial charge on any atom is -0.403 e. The van der Waals surface area contributed by atoms with E-state index in [0.717, 1.165) is 24.2 Å². The monoisotopic (exact) mass is 484 g/mol. The summed E-state index contributed by atoms with van der Waals surface area (Å²) >= 11 is 1.73. The van der Waals surface area contributed by atoms with E-state index in [4.69, 9.17) is 11.5 Å². The minimum atomic E-state index is -0.144. The SMILES string of the molecule is C=C(N)CCC(=C)N[C@H](Cc1cccs1)C(=C)N[C@@H](Cc1ccc(-c2ccccc2)cc1)C(=C)N. The highest BCUT2D eigenvalue weighted by atomic mass is 32.1. The average Bonchev–Trinajstić information content (AvgIpc) is 3.36. The van der Waals surface area contributed by atoms with Crippen molar-refractivity contribution in [1.29, 1.82) is 0 Å². The second-order valence-corrected chi connectivity index (χ2v) is 9.84. The lowest BCUT2D eigenvalue weighted by molar-refractivity contribution is 0.535. The Labute approximate surface area is 213 Å². The Hall–Kier alpha value is -3.70. The molecule has 0 unspecified atom stereocenters. The van der Waals surface area contributed by atoms with Gasteiger partial charge in [-0.15, -0.1) is 11.3 Å². The summed E-state index contributed by atoms with van der Waals surface area (Å²) in [6, 6.07) is 22.9. The molecule has 3 aromatic rings. The molecule has 3 rings (SSSR count). The molecule has 0 amide bonds. The third kappa shape index (κ3) is 8.23. The number of rotatable bonds is 14. The summed E-state index contributed by atoms with van der Waals surface area (Å²) in [5.74, 6) is 0. The molecular weight excluding hydrogens is 448 g/mol. The fourth-order valence-corrected chi connectivity index (χ4v) is 4.57. The fraction of sp³-hybridized carbons (Fsp3) is 0.200. The van der Waals surface area contributed by atoms with E-state index in [1.165, 1.54) is 21.6 Å². The van der Waals surface area contributed by atoms with E-state index in [9.17, 15) is 0 Å². The van der Waals surface area contributed by atoms with Crippen LogP contribution in [0.1, 0.15) is 23.3 Å². The van der Waals surface area contributed by atoms with Gasteiger partial charge in [-0.05, 0) is 47.4 Å². The molecular formula is C30H36N4S. The van der Waals surface area contributed by atoms with Crippen LogP contribution in [0.3, 0.4) is 0 Å². The van der Waals surface area contributed by atoms with Crippen molar-refractivity contribution in [3.8, 4) is 11.1 Å². The van der Waals surface area contributed by atoms with E-state index in [2.05, 4.69) is 103 Å². The van der Waals surface area contributed by atoms with Crippen LogP contribution in [-0.2, 0) is 12.8 Å². The highest BCUT2D eigenvalue weighted by Gasteiger charge is 2.19. The molecule has 6 N–H and O–H groups in total. The molecule has 5 heteroatoms. The minimum absolute atomic E-state index is 0.0468. The molecule has 182 valence electrons. The van der Waals surface area contributed by atoms with Gasteiger partial charge in [0.15, 0.2) is 0 Å². The van der Waals surface area contributed by atoms with E-state index in [-0.39, 0.29) is 12.1 Å².